The topological polar surface area (TPSA) is 48.0 Å². The van der Waals surface area contributed by atoms with E-state index in [-0.39, 0.29) is 5.97 Å². The molecule has 0 rings (SSSR count). The Hall–Kier alpha value is 0.000649. The average molecular weight is 464 g/mol. The Morgan fingerprint density at radius 2 is 1.28 bits per heavy atom. The van der Waals surface area contributed by atoms with Crippen molar-refractivity contribution < 1.29 is 18.1 Å². The van der Waals surface area contributed by atoms with Crippen LogP contribution in [0, 0.1) is 0 Å². The number of carbonyl (C=O) groups excluding carboxylic acids is 1. The molecule has 0 atom stereocenters. The summed E-state index contributed by atoms with van der Waals surface area (Å²) < 4.78 is 20.1. The first-order valence-electron chi connectivity index (χ1n) is 11.2. The van der Waals surface area contributed by atoms with Crippen molar-refractivity contribution in [1.82, 2.24) is 4.57 Å². The Balaban J connectivity index is 5.03. The molecular weight excluding hydrogens is 414 g/mol. The standard InChI is InChI=1S/C21H49NO4Si3/c1-18(2)29(19(3)4,20(5)6)26-21(23)14-16-22(27(9,10)11)15-13-17-28(12,24-7)25-8/h18-20H,13-17H2,1-12H3. The third-order valence-electron chi connectivity index (χ3n) is 6.45. The van der Waals surface area contributed by atoms with Crippen molar-refractivity contribution in [2.24, 2.45) is 0 Å². The van der Waals surface area contributed by atoms with Gasteiger partial charge in [-0.05, 0) is 42.2 Å². The zero-order valence-electron chi connectivity index (χ0n) is 21.3. The summed E-state index contributed by atoms with van der Waals surface area (Å²) in [6.45, 7) is 24.2. The zero-order valence-corrected chi connectivity index (χ0v) is 24.3. The SMILES string of the molecule is CO[Si](C)(CCCN(CCC(=O)O[Si](C(C)C)(C(C)C)C(C)C)[Si](C)(C)C)OC. The van der Waals surface area contributed by atoms with Gasteiger partial charge in [-0.1, -0.05) is 61.2 Å². The smallest absolute Gasteiger partial charge is 0.334 e. The van der Waals surface area contributed by atoms with Crippen LogP contribution in [0.5, 0.6) is 0 Å². The van der Waals surface area contributed by atoms with Gasteiger partial charge in [0.15, 0.2) is 0 Å². The predicted molar refractivity (Wildman–Crippen MR) is 132 cm³/mol. The highest BCUT2D eigenvalue weighted by Gasteiger charge is 2.48. The van der Waals surface area contributed by atoms with Gasteiger partial charge in [-0.2, -0.15) is 0 Å². The molecule has 29 heavy (non-hydrogen) atoms. The lowest BCUT2D eigenvalue weighted by atomic mass is 10.4. The maximum absolute atomic E-state index is 12.9. The number of rotatable bonds is 14. The van der Waals surface area contributed by atoms with E-state index < -0.39 is 25.1 Å². The van der Waals surface area contributed by atoms with Crippen molar-refractivity contribution in [3.05, 3.63) is 0 Å². The van der Waals surface area contributed by atoms with E-state index in [2.05, 4.69) is 72.3 Å². The molecule has 0 saturated carbocycles. The van der Waals surface area contributed by atoms with E-state index in [1.54, 1.807) is 14.2 Å². The highest BCUT2D eigenvalue weighted by Crippen LogP contribution is 2.42. The lowest BCUT2D eigenvalue weighted by molar-refractivity contribution is -0.135. The molecule has 0 aliphatic heterocycles. The molecule has 0 aromatic heterocycles. The van der Waals surface area contributed by atoms with E-state index in [0.29, 0.717) is 23.0 Å². The van der Waals surface area contributed by atoms with E-state index in [0.717, 1.165) is 25.6 Å². The third-order valence-corrected chi connectivity index (χ3v) is 17.8. The van der Waals surface area contributed by atoms with Crippen LogP contribution >= 0.6 is 0 Å². The van der Waals surface area contributed by atoms with Crippen LogP contribution in [0.1, 0.15) is 54.4 Å². The third kappa shape index (κ3) is 8.57. The van der Waals surface area contributed by atoms with Crippen LogP contribution in [0.25, 0.3) is 0 Å². The largest absolute Gasteiger partial charge is 0.518 e. The van der Waals surface area contributed by atoms with Crippen molar-refractivity contribution in [3.63, 3.8) is 0 Å². The van der Waals surface area contributed by atoms with Crippen LogP contribution in [0.15, 0.2) is 0 Å². The van der Waals surface area contributed by atoms with Crippen molar-refractivity contribution in [2.45, 2.75) is 103 Å². The monoisotopic (exact) mass is 463 g/mol. The van der Waals surface area contributed by atoms with Crippen molar-refractivity contribution >= 4 is 31.1 Å². The van der Waals surface area contributed by atoms with Crippen molar-refractivity contribution in [1.29, 1.82) is 0 Å². The maximum atomic E-state index is 12.9. The molecule has 174 valence electrons. The van der Waals surface area contributed by atoms with Gasteiger partial charge in [-0.25, -0.2) is 0 Å². The minimum atomic E-state index is -2.15. The number of hydrogen-bond donors (Lipinski definition) is 0. The van der Waals surface area contributed by atoms with Gasteiger partial charge in [0.1, 0.15) is 8.24 Å². The van der Waals surface area contributed by atoms with Crippen LogP contribution in [-0.2, 0) is 18.1 Å². The zero-order chi connectivity index (χ0) is 23.0. The molecule has 0 saturated heterocycles. The van der Waals surface area contributed by atoms with Crippen LogP contribution in [0.2, 0.25) is 48.9 Å². The first-order valence-corrected chi connectivity index (χ1v) is 19.3. The van der Waals surface area contributed by atoms with Gasteiger partial charge in [-0.3, -0.25) is 4.79 Å². The minimum absolute atomic E-state index is 0.0102. The summed E-state index contributed by atoms with van der Waals surface area (Å²) in [7, 11) is -2.22. The molecule has 0 aromatic carbocycles. The van der Waals surface area contributed by atoms with E-state index in [9.17, 15) is 4.79 Å². The fraction of sp³-hybridized carbons (Fsp3) is 0.952. The van der Waals surface area contributed by atoms with Crippen LogP contribution in [0.3, 0.4) is 0 Å². The summed E-state index contributed by atoms with van der Waals surface area (Å²) in [4.78, 5) is 12.9. The van der Waals surface area contributed by atoms with Crippen molar-refractivity contribution in [3.8, 4) is 0 Å². The number of nitrogens with zero attached hydrogens (tertiary/aromatic N) is 1. The second kappa shape index (κ2) is 12.1. The second-order valence-electron chi connectivity index (χ2n) is 10.3. The Labute approximate surface area is 184 Å². The summed E-state index contributed by atoms with van der Waals surface area (Å²) in [6.07, 6.45) is 1.51. The molecule has 8 heteroatoms. The first kappa shape index (κ1) is 29.0. The van der Waals surface area contributed by atoms with E-state index in [4.69, 9.17) is 13.3 Å². The minimum Gasteiger partial charge on any atom is -0.518 e. The molecule has 0 amide bonds. The van der Waals surface area contributed by atoms with Crippen LogP contribution in [-0.4, -0.2) is 63.0 Å². The second-order valence-corrected chi connectivity index (χ2v) is 24.3. The molecule has 0 heterocycles. The van der Waals surface area contributed by atoms with E-state index >= 15 is 0 Å². The first-order chi connectivity index (χ1) is 13.2. The highest BCUT2D eigenvalue weighted by molar-refractivity contribution is 6.79. The fourth-order valence-corrected chi connectivity index (χ4v) is 12.7. The van der Waals surface area contributed by atoms with E-state index in [1.165, 1.54) is 0 Å². The lowest BCUT2D eigenvalue weighted by Gasteiger charge is -2.41. The summed E-state index contributed by atoms with van der Waals surface area (Å²) >= 11 is 0. The molecule has 0 aromatic rings. The van der Waals surface area contributed by atoms with Crippen LogP contribution < -0.4 is 0 Å². The highest BCUT2D eigenvalue weighted by atomic mass is 28.4. The molecule has 0 fully saturated rings. The van der Waals surface area contributed by atoms with Crippen LogP contribution in [0.4, 0.5) is 0 Å². The summed E-state index contributed by atoms with van der Waals surface area (Å²) in [5, 5.41) is 0. The molecule has 0 aliphatic carbocycles. The summed E-state index contributed by atoms with van der Waals surface area (Å²) in [5.74, 6) is -0.0102. The van der Waals surface area contributed by atoms with Gasteiger partial charge in [0.2, 0.25) is 0 Å². The number of carbonyl (C=O) groups is 1. The summed E-state index contributed by atoms with van der Waals surface area (Å²) in [6, 6.07) is 0.968. The van der Waals surface area contributed by atoms with Gasteiger partial charge >= 0.3 is 8.56 Å². The normalized spacial score (nSPS) is 13.8. The van der Waals surface area contributed by atoms with Gasteiger partial charge in [0.25, 0.3) is 14.3 Å². The van der Waals surface area contributed by atoms with Gasteiger partial charge in [0.05, 0.1) is 6.42 Å². The molecule has 0 aliphatic rings. The average Bonchev–Trinajstić information content (AvgIpc) is 2.60. The Kier molecular flexibility index (Phi) is 12.1. The molecule has 0 spiro atoms. The van der Waals surface area contributed by atoms with Gasteiger partial charge in [0, 0.05) is 20.8 Å². The molecule has 0 unspecified atom stereocenters. The van der Waals surface area contributed by atoms with E-state index in [1.807, 2.05) is 0 Å². The Morgan fingerprint density at radius 3 is 1.62 bits per heavy atom. The summed E-state index contributed by atoms with van der Waals surface area (Å²) in [5.41, 5.74) is 1.26. The molecular formula is C21H49NO4Si3. The van der Waals surface area contributed by atoms with Gasteiger partial charge < -0.3 is 17.8 Å². The van der Waals surface area contributed by atoms with Gasteiger partial charge in [-0.15, -0.1) is 0 Å². The molecule has 0 bridgehead atoms. The Morgan fingerprint density at radius 1 is 0.828 bits per heavy atom. The molecule has 0 radical (unpaired) electrons. The van der Waals surface area contributed by atoms with Crippen molar-refractivity contribution in [2.75, 3.05) is 27.3 Å². The Bertz CT molecular complexity index is 467. The lowest BCUT2D eigenvalue weighted by Crippen LogP contribution is -2.51. The quantitative estimate of drug-likeness (QED) is 0.296. The molecule has 5 nitrogen and oxygen atoms in total. The predicted octanol–water partition coefficient (Wildman–Crippen LogP) is 5.99. The molecule has 0 N–H and O–H groups in total. The maximum Gasteiger partial charge on any atom is 0.334 e. The fourth-order valence-electron chi connectivity index (χ4n) is 4.49. The number of hydrogen-bond acceptors (Lipinski definition) is 5.